The molecule has 15 nitrogen and oxygen atoms in total. The van der Waals surface area contributed by atoms with E-state index in [9.17, 15) is 24.9 Å². The third kappa shape index (κ3) is 6.99. The van der Waals surface area contributed by atoms with Crippen LogP contribution in [0.3, 0.4) is 0 Å². The Balaban J connectivity index is 1.19. The quantitative estimate of drug-likeness (QED) is 0.114. The van der Waals surface area contributed by atoms with Gasteiger partial charge < -0.3 is 46.1 Å². The van der Waals surface area contributed by atoms with Gasteiger partial charge in [-0.1, -0.05) is 60.7 Å². The number of nitrogens with zero attached hydrogens (tertiary/aromatic N) is 6. The molecule has 2 aromatic carbocycles. The molecule has 0 bridgehead atoms. The van der Waals surface area contributed by atoms with Crippen molar-refractivity contribution in [1.82, 2.24) is 35.1 Å². The molecule has 258 valence electrons. The van der Waals surface area contributed by atoms with Crippen LogP contribution in [0.25, 0.3) is 11.2 Å². The maximum atomic E-state index is 12.7. The number of aliphatic hydroxyl groups is 2. The molecule has 5 aromatic rings. The number of fused-ring (bicyclic) bond motifs is 1. The summed E-state index contributed by atoms with van der Waals surface area (Å²) in [7, 11) is 0. The van der Waals surface area contributed by atoms with Gasteiger partial charge in [0.05, 0.1) is 30.3 Å². The number of rotatable bonds is 10. The summed E-state index contributed by atoms with van der Waals surface area (Å²) >= 11 is 0. The normalized spacial score (nSPS) is 21.7. The summed E-state index contributed by atoms with van der Waals surface area (Å²) in [5, 5.41) is 42.6. The van der Waals surface area contributed by atoms with Crippen molar-refractivity contribution < 1.29 is 24.9 Å². The van der Waals surface area contributed by atoms with Crippen molar-refractivity contribution in [3.63, 3.8) is 0 Å². The van der Waals surface area contributed by atoms with Crippen LogP contribution in [0.4, 0.5) is 27.0 Å². The molecule has 0 unspecified atom stereocenters. The van der Waals surface area contributed by atoms with Gasteiger partial charge in [0.25, 0.3) is 0 Å². The molecule has 0 spiro atoms. The molecule has 3 aromatic heterocycles. The van der Waals surface area contributed by atoms with Crippen LogP contribution in [0, 0.1) is 0 Å². The predicted octanol–water partition coefficient (Wildman–Crippen LogP) is 3.17. The summed E-state index contributed by atoms with van der Waals surface area (Å²) in [6.45, 7) is 1.51. The Kier molecular flexibility index (Phi) is 9.40. The van der Waals surface area contributed by atoms with Crippen LogP contribution in [-0.2, 0) is 0 Å². The maximum Gasteiger partial charge on any atom is 0.404 e. The van der Waals surface area contributed by atoms with Crippen molar-refractivity contribution in [2.24, 2.45) is 0 Å². The van der Waals surface area contributed by atoms with Crippen molar-refractivity contribution in [2.75, 3.05) is 35.2 Å². The van der Waals surface area contributed by atoms with E-state index in [0.29, 0.717) is 54.7 Å². The molecule has 50 heavy (non-hydrogen) atoms. The highest BCUT2D eigenvalue weighted by atomic mass is 16.4. The summed E-state index contributed by atoms with van der Waals surface area (Å²) in [6, 6.07) is 21.8. The van der Waals surface area contributed by atoms with Crippen LogP contribution in [-0.4, -0.2) is 95.9 Å². The second kappa shape index (κ2) is 14.4. The Morgan fingerprint density at radius 2 is 1.66 bits per heavy atom. The number of carbonyl (C=O) groups excluding carboxylic acids is 1. The minimum atomic E-state index is -1.31. The lowest BCUT2D eigenvalue weighted by Crippen LogP contribution is -2.42. The first-order valence-electron chi connectivity index (χ1n) is 16.5. The maximum absolute atomic E-state index is 12.7. The SMILES string of the molecule is O=C(O)N[C@H]1C[C@@H](n2cnc3c(NCC(c4ccccc4)c4ccccc4)nc(N4CC[C@@H](NC(=O)Nc5cccnc5)C4)nc32)[C@H](O)[C@@H]1O. The largest absolute Gasteiger partial charge is 0.465 e. The second-order valence-corrected chi connectivity index (χ2v) is 12.6. The predicted molar refractivity (Wildman–Crippen MR) is 186 cm³/mol. The zero-order chi connectivity index (χ0) is 34.6. The average Bonchev–Trinajstić information content (AvgIpc) is 3.84. The van der Waals surface area contributed by atoms with Crippen molar-refractivity contribution in [2.45, 2.75) is 49.1 Å². The zero-order valence-corrected chi connectivity index (χ0v) is 27.0. The van der Waals surface area contributed by atoms with Gasteiger partial charge in [-0.05, 0) is 36.1 Å². The topological polar surface area (TPSA) is 203 Å². The van der Waals surface area contributed by atoms with Gasteiger partial charge in [0.2, 0.25) is 5.95 Å². The summed E-state index contributed by atoms with van der Waals surface area (Å²) in [5.41, 5.74) is 3.73. The van der Waals surface area contributed by atoms with Gasteiger partial charge in [0, 0.05) is 37.8 Å². The summed E-state index contributed by atoms with van der Waals surface area (Å²) in [5.74, 6) is 0.879. The van der Waals surface area contributed by atoms with Crippen LogP contribution in [0.5, 0.6) is 0 Å². The number of imidazole rings is 1. The molecule has 2 fully saturated rings. The average molecular weight is 679 g/mol. The number of amides is 3. The highest BCUT2D eigenvalue weighted by Gasteiger charge is 2.44. The molecule has 1 saturated carbocycles. The zero-order valence-electron chi connectivity index (χ0n) is 27.0. The lowest BCUT2D eigenvalue weighted by molar-refractivity contribution is 0.0146. The number of aromatic nitrogens is 5. The monoisotopic (exact) mass is 678 g/mol. The molecule has 4 heterocycles. The molecule has 5 atom stereocenters. The lowest BCUT2D eigenvalue weighted by atomic mass is 9.91. The molecule has 0 radical (unpaired) electrons. The molecule has 7 rings (SSSR count). The highest BCUT2D eigenvalue weighted by molar-refractivity contribution is 5.89. The fourth-order valence-electron chi connectivity index (χ4n) is 6.84. The van der Waals surface area contributed by atoms with Gasteiger partial charge in [-0.25, -0.2) is 14.6 Å². The Hall–Kier alpha value is -5.80. The van der Waals surface area contributed by atoms with Crippen molar-refractivity contribution in [3.05, 3.63) is 103 Å². The number of nitrogens with one attached hydrogen (secondary N) is 4. The van der Waals surface area contributed by atoms with E-state index >= 15 is 0 Å². The van der Waals surface area contributed by atoms with E-state index in [-0.39, 0.29) is 24.4 Å². The molecule has 3 amide bonds. The van der Waals surface area contributed by atoms with Crippen molar-refractivity contribution >= 4 is 40.7 Å². The van der Waals surface area contributed by atoms with E-state index in [0.717, 1.165) is 11.1 Å². The van der Waals surface area contributed by atoms with E-state index < -0.39 is 30.4 Å². The van der Waals surface area contributed by atoms with E-state index in [4.69, 9.17) is 9.97 Å². The number of aliphatic hydroxyl groups excluding tert-OH is 2. The van der Waals surface area contributed by atoms with Crippen LogP contribution in [0.2, 0.25) is 0 Å². The lowest BCUT2D eigenvalue weighted by Gasteiger charge is -2.22. The van der Waals surface area contributed by atoms with E-state index in [1.54, 1.807) is 35.4 Å². The van der Waals surface area contributed by atoms with E-state index in [1.807, 2.05) is 41.3 Å². The Morgan fingerprint density at radius 3 is 2.34 bits per heavy atom. The van der Waals surface area contributed by atoms with Crippen molar-refractivity contribution in [3.8, 4) is 0 Å². The van der Waals surface area contributed by atoms with Gasteiger partial charge in [-0.3, -0.25) is 4.98 Å². The minimum Gasteiger partial charge on any atom is -0.465 e. The number of hydrogen-bond acceptors (Lipinski definition) is 10. The smallest absolute Gasteiger partial charge is 0.404 e. The van der Waals surface area contributed by atoms with Gasteiger partial charge >= 0.3 is 12.1 Å². The third-order valence-electron chi connectivity index (χ3n) is 9.33. The standard InChI is InChI=1S/C35H38N10O5/c46-29-26(41-35(49)50)16-27(30(29)47)45-20-38-28-31(37-18-25(21-8-3-1-4-9-21)22-10-5-2-6-11-22)42-33(43-32(28)45)44-15-13-24(19-44)40-34(48)39-23-12-7-14-36-17-23/h1-12,14,17,20,24-27,29-30,41,46-47H,13,15-16,18-19H2,(H,49,50)(H,37,42,43)(H2,39,40,48)/t24-,26+,27-,29-,30+/m1/s1. The van der Waals surface area contributed by atoms with Gasteiger partial charge in [-0.2, -0.15) is 9.97 Å². The number of urea groups is 1. The van der Waals surface area contributed by atoms with Gasteiger partial charge in [-0.15, -0.1) is 0 Å². The van der Waals surface area contributed by atoms with Gasteiger partial charge in [0.15, 0.2) is 17.0 Å². The highest BCUT2D eigenvalue weighted by Crippen LogP contribution is 2.35. The number of carboxylic acid groups (broad SMARTS) is 1. The number of benzene rings is 2. The van der Waals surface area contributed by atoms with E-state index in [1.165, 1.54) is 0 Å². The van der Waals surface area contributed by atoms with Gasteiger partial charge in [0.1, 0.15) is 12.2 Å². The molecule has 7 N–H and O–H groups in total. The summed E-state index contributed by atoms with van der Waals surface area (Å²) in [4.78, 5) is 44.6. The summed E-state index contributed by atoms with van der Waals surface area (Å²) in [6.07, 6.45) is 1.67. The number of pyridine rings is 1. The van der Waals surface area contributed by atoms with Crippen LogP contribution in [0.15, 0.2) is 91.5 Å². The molecular formula is C35H38N10O5. The summed E-state index contributed by atoms with van der Waals surface area (Å²) < 4.78 is 1.68. The van der Waals surface area contributed by atoms with Crippen LogP contribution >= 0.6 is 0 Å². The first-order chi connectivity index (χ1) is 24.3. The third-order valence-corrected chi connectivity index (χ3v) is 9.33. The van der Waals surface area contributed by atoms with E-state index in [2.05, 4.69) is 55.5 Å². The Labute approximate surface area is 287 Å². The van der Waals surface area contributed by atoms with Crippen LogP contribution in [0.1, 0.15) is 35.9 Å². The number of anilines is 3. The molecule has 1 saturated heterocycles. The molecular weight excluding hydrogens is 640 g/mol. The molecule has 15 heteroatoms. The fraction of sp³-hybridized carbons (Fsp3) is 0.314. The first kappa shape index (κ1) is 32.7. The first-order valence-corrected chi connectivity index (χ1v) is 16.5. The molecule has 1 aliphatic heterocycles. The Bertz CT molecular complexity index is 1890. The second-order valence-electron chi connectivity index (χ2n) is 12.6. The minimum absolute atomic E-state index is 0.0127. The van der Waals surface area contributed by atoms with Crippen molar-refractivity contribution in [1.29, 1.82) is 0 Å². The van der Waals surface area contributed by atoms with Crippen LogP contribution < -0.4 is 26.2 Å². The molecule has 2 aliphatic rings. The number of hydrogen-bond donors (Lipinski definition) is 7. The fourth-order valence-corrected chi connectivity index (χ4v) is 6.84. The number of carbonyl (C=O) groups is 2. The molecule has 1 aliphatic carbocycles. The Morgan fingerprint density at radius 1 is 0.920 bits per heavy atom.